The van der Waals surface area contributed by atoms with Crippen molar-refractivity contribution in [1.82, 2.24) is 9.97 Å². The number of nitrogens with zero attached hydrogens (tertiary/aromatic N) is 2. The number of benzene rings is 2. The second kappa shape index (κ2) is 8.21. The fourth-order valence-corrected chi connectivity index (χ4v) is 4.04. The predicted molar refractivity (Wildman–Crippen MR) is 122 cm³/mol. The van der Waals surface area contributed by atoms with Crippen LogP contribution in [0.4, 0.5) is 11.5 Å². The summed E-state index contributed by atoms with van der Waals surface area (Å²) in [4.78, 5) is 9.99. The number of aromatic nitrogens is 2. The first-order valence-electron chi connectivity index (χ1n) is 9.81. The van der Waals surface area contributed by atoms with Crippen LogP contribution in [0.15, 0.2) is 54.2 Å². The molecule has 4 nitrogen and oxygen atoms in total. The summed E-state index contributed by atoms with van der Waals surface area (Å²) in [6, 6.07) is 14.6. The molecule has 1 N–H and O–H groups in total. The van der Waals surface area contributed by atoms with Crippen LogP contribution in [0.3, 0.4) is 0 Å². The highest BCUT2D eigenvalue weighted by atomic mass is 32.1. The molecule has 148 valence electrons. The van der Waals surface area contributed by atoms with Crippen molar-refractivity contribution >= 4 is 33.1 Å². The van der Waals surface area contributed by atoms with Gasteiger partial charge in [-0.3, -0.25) is 0 Å². The molecule has 0 amide bonds. The zero-order valence-corrected chi connectivity index (χ0v) is 18.0. The van der Waals surface area contributed by atoms with Gasteiger partial charge in [0.1, 0.15) is 22.7 Å². The average molecular weight is 404 g/mol. The van der Waals surface area contributed by atoms with Crippen molar-refractivity contribution in [3.63, 3.8) is 0 Å². The second-order valence-electron chi connectivity index (χ2n) is 7.71. The summed E-state index contributed by atoms with van der Waals surface area (Å²) in [5.41, 5.74) is 5.90. The van der Waals surface area contributed by atoms with Gasteiger partial charge in [-0.15, -0.1) is 11.3 Å². The van der Waals surface area contributed by atoms with Crippen LogP contribution in [0.25, 0.3) is 21.3 Å². The minimum atomic E-state index is 0.504. The van der Waals surface area contributed by atoms with Crippen LogP contribution in [0.1, 0.15) is 25.0 Å². The third-order valence-electron chi connectivity index (χ3n) is 4.89. The van der Waals surface area contributed by atoms with Crippen molar-refractivity contribution in [3.8, 4) is 16.9 Å². The standard InChI is InChI=1S/C24H25N3OS/c1-15(2)12-28-20-9-7-19(8-10-20)27-23-22-21(13-29-24(22)26-14-25-23)18-6-5-16(3)17(4)11-18/h5-11,13-15H,12H2,1-4H3,(H,25,26,27). The van der Waals surface area contributed by atoms with Gasteiger partial charge in [-0.1, -0.05) is 32.0 Å². The van der Waals surface area contributed by atoms with Crippen LogP contribution in [0, 0.1) is 19.8 Å². The smallest absolute Gasteiger partial charge is 0.143 e. The summed E-state index contributed by atoms with van der Waals surface area (Å²) in [6.45, 7) is 9.28. The number of anilines is 2. The molecule has 0 aliphatic rings. The van der Waals surface area contributed by atoms with Crippen molar-refractivity contribution in [2.24, 2.45) is 5.92 Å². The van der Waals surface area contributed by atoms with E-state index >= 15 is 0 Å². The topological polar surface area (TPSA) is 47.0 Å². The van der Waals surface area contributed by atoms with E-state index in [0.717, 1.165) is 33.0 Å². The molecule has 2 heterocycles. The largest absolute Gasteiger partial charge is 0.493 e. The minimum Gasteiger partial charge on any atom is -0.493 e. The predicted octanol–water partition coefficient (Wildman–Crippen LogP) is 6.75. The maximum atomic E-state index is 5.78. The molecule has 0 spiro atoms. The monoisotopic (exact) mass is 403 g/mol. The lowest BCUT2D eigenvalue weighted by Crippen LogP contribution is -2.04. The van der Waals surface area contributed by atoms with E-state index in [2.05, 4.69) is 66.6 Å². The molecule has 0 atom stereocenters. The number of aryl methyl sites for hydroxylation is 2. The molecule has 29 heavy (non-hydrogen) atoms. The van der Waals surface area contributed by atoms with Crippen molar-refractivity contribution in [3.05, 3.63) is 65.3 Å². The Hall–Kier alpha value is -2.92. The van der Waals surface area contributed by atoms with E-state index in [1.165, 1.54) is 16.7 Å². The SMILES string of the molecule is Cc1ccc(-c2csc3ncnc(Nc4ccc(OCC(C)C)cc4)c23)cc1C. The Morgan fingerprint density at radius 3 is 2.52 bits per heavy atom. The van der Waals surface area contributed by atoms with Crippen molar-refractivity contribution in [2.45, 2.75) is 27.7 Å². The lowest BCUT2D eigenvalue weighted by Gasteiger charge is -2.11. The molecule has 0 unspecified atom stereocenters. The van der Waals surface area contributed by atoms with Gasteiger partial charge in [0.25, 0.3) is 0 Å². The average Bonchev–Trinajstić information content (AvgIpc) is 3.15. The first-order chi connectivity index (χ1) is 14.0. The van der Waals surface area contributed by atoms with Crippen LogP contribution in [0.2, 0.25) is 0 Å². The van der Waals surface area contributed by atoms with E-state index in [1.54, 1.807) is 17.7 Å². The molecule has 4 aromatic rings. The van der Waals surface area contributed by atoms with E-state index in [-0.39, 0.29) is 0 Å². The molecule has 2 aromatic heterocycles. The van der Waals surface area contributed by atoms with Crippen molar-refractivity contribution in [2.75, 3.05) is 11.9 Å². The second-order valence-corrected chi connectivity index (χ2v) is 8.56. The molecule has 0 fully saturated rings. The van der Waals surface area contributed by atoms with E-state index in [1.807, 2.05) is 24.3 Å². The molecule has 0 radical (unpaired) electrons. The molecule has 4 rings (SSSR count). The molecular formula is C24H25N3OS. The molecule has 0 aliphatic carbocycles. The van der Waals surface area contributed by atoms with Crippen molar-refractivity contribution < 1.29 is 4.74 Å². The summed E-state index contributed by atoms with van der Waals surface area (Å²) < 4.78 is 5.78. The highest BCUT2D eigenvalue weighted by molar-refractivity contribution is 7.17. The van der Waals surface area contributed by atoms with E-state index in [4.69, 9.17) is 4.74 Å². The Kier molecular flexibility index (Phi) is 5.49. The van der Waals surface area contributed by atoms with Crippen LogP contribution in [-0.4, -0.2) is 16.6 Å². The number of ether oxygens (including phenoxy) is 1. The number of hydrogen-bond donors (Lipinski definition) is 1. The number of thiophene rings is 1. The molecular weight excluding hydrogens is 378 g/mol. The molecule has 0 aliphatic heterocycles. The number of rotatable bonds is 6. The van der Waals surface area contributed by atoms with Crippen LogP contribution >= 0.6 is 11.3 Å². The third-order valence-corrected chi connectivity index (χ3v) is 5.77. The first kappa shape index (κ1) is 19.4. The molecule has 0 saturated heterocycles. The normalized spacial score (nSPS) is 11.2. The quantitative estimate of drug-likeness (QED) is 0.387. The third kappa shape index (κ3) is 4.25. The van der Waals surface area contributed by atoms with Gasteiger partial charge in [-0.05, 0) is 60.7 Å². The van der Waals surface area contributed by atoms with Gasteiger partial charge in [0.05, 0.1) is 12.0 Å². The van der Waals surface area contributed by atoms with Crippen LogP contribution in [-0.2, 0) is 0 Å². The Labute approximate surface area is 175 Å². The fraction of sp³-hybridized carbons (Fsp3) is 0.250. The summed E-state index contributed by atoms with van der Waals surface area (Å²) in [7, 11) is 0. The van der Waals surface area contributed by atoms with Gasteiger partial charge in [0, 0.05) is 16.6 Å². The molecule has 2 aromatic carbocycles. The number of hydrogen-bond acceptors (Lipinski definition) is 5. The lowest BCUT2D eigenvalue weighted by atomic mass is 10.0. The summed E-state index contributed by atoms with van der Waals surface area (Å²) in [5, 5.41) is 6.68. The Morgan fingerprint density at radius 1 is 1.00 bits per heavy atom. The van der Waals surface area contributed by atoms with E-state index < -0.39 is 0 Å². The van der Waals surface area contributed by atoms with Gasteiger partial charge in [-0.25, -0.2) is 9.97 Å². The highest BCUT2D eigenvalue weighted by Crippen LogP contribution is 2.38. The minimum absolute atomic E-state index is 0.504. The lowest BCUT2D eigenvalue weighted by molar-refractivity contribution is 0.271. The Bertz CT molecular complexity index is 1130. The number of fused-ring (bicyclic) bond motifs is 1. The zero-order valence-electron chi connectivity index (χ0n) is 17.2. The van der Waals surface area contributed by atoms with Gasteiger partial charge in [0.15, 0.2) is 0 Å². The molecule has 0 bridgehead atoms. The van der Waals surface area contributed by atoms with Crippen LogP contribution in [0.5, 0.6) is 5.75 Å². The van der Waals surface area contributed by atoms with Gasteiger partial charge < -0.3 is 10.1 Å². The van der Waals surface area contributed by atoms with E-state index in [9.17, 15) is 0 Å². The van der Waals surface area contributed by atoms with Crippen LogP contribution < -0.4 is 10.1 Å². The van der Waals surface area contributed by atoms with Gasteiger partial charge in [0.2, 0.25) is 0 Å². The Balaban J connectivity index is 1.66. The maximum Gasteiger partial charge on any atom is 0.143 e. The highest BCUT2D eigenvalue weighted by Gasteiger charge is 2.14. The zero-order chi connectivity index (χ0) is 20.4. The Morgan fingerprint density at radius 2 is 1.79 bits per heavy atom. The number of nitrogens with one attached hydrogen (secondary N) is 1. The molecule has 0 saturated carbocycles. The maximum absolute atomic E-state index is 5.78. The van der Waals surface area contributed by atoms with E-state index in [0.29, 0.717) is 12.5 Å². The summed E-state index contributed by atoms with van der Waals surface area (Å²) in [5.74, 6) is 2.20. The van der Waals surface area contributed by atoms with Crippen molar-refractivity contribution in [1.29, 1.82) is 0 Å². The first-order valence-corrected chi connectivity index (χ1v) is 10.7. The molecule has 5 heteroatoms. The van der Waals surface area contributed by atoms with Gasteiger partial charge >= 0.3 is 0 Å². The fourth-order valence-electron chi connectivity index (χ4n) is 3.13. The summed E-state index contributed by atoms with van der Waals surface area (Å²) in [6.07, 6.45) is 1.62. The summed E-state index contributed by atoms with van der Waals surface area (Å²) >= 11 is 1.64. The van der Waals surface area contributed by atoms with Gasteiger partial charge in [-0.2, -0.15) is 0 Å².